The van der Waals surface area contributed by atoms with Gasteiger partial charge in [-0.3, -0.25) is 9.67 Å². The molecule has 0 amide bonds. The summed E-state index contributed by atoms with van der Waals surface area (Å²) in [6.45, 7) is 4.26. The second-order valence-corrected chi connectivity index (χ2v) is 7.61. The third-order valence-corrected chi connectivity index (χ3v) is 4.92. The maximum absolute atomic E-state index is 4.91. The number of likely N-dealkylation sites (N-methyl/N-ethyl adjacent to an activating group) is 1. The molecule has 0 saturated carbocycles. The van der Waals surface area contributed by atoms with Crippen molar-refractivity contribution in [2.24, 2.45) is 12.0 Å². The van der Waals surface area contributed by atoms with Crippen molar-refractivity contribution in [3.63, 3.8) is 0 Å². The van der Waals surface area contributed by atoms with Crippen molar-refractivity contribution in [2.75, 3.05) is 34.2 Å². The molecule has 31 heavy (non-hydrogen) atoms. The Morgan fingerprint density at radius 3 is 2.45 bits per heavy atom. The summed E-state index contributed by atoms with van der Waals surface area (Å²) in [6.07, 6.45) is 7.93. The molecule has 0 saturated heterocycles. The van der Waals surface area contributed by atoms with E-state index in [1.54, 1.807) is 0 Å². The van der Waals surface area contributed by atoms with E-state index in [9.17, 15) is 0 Å². The summed E-state index contributed by atoms with van der Waals surface area (Å²) in [7, 11) is 8.13. The average molecular weight is 536 g/mol. The van der Waals surface area contributed by atoms with Crippen LogP contribution in [0.25, 0.3) is 5.69 Å². The van der Waals surface area contributed by atoms with Crippen molar-refractivity contribution in [2.45, 2.75) is 19.5 Å². The number of aliphatic imine (C=N–C) groups is 1. The first-order valence-corrected chi connectivity index (χ1v) is 10.2. The van der Waals surface area contributed by atoms with Crippen molar-refractivity contribution >= 4 is 29.9 Å². The minimum absolute atomic E-state index is 0. The minimum Gasteiger partial charge on any atom is -0.357 e. The van der Waals surface area contributed by atoms with Crippen LogP contribution in [0.5, 0.6) is 0 Å². The number of halogens is 1. The van der Waals surface area contributed by atoms with E-state index >= 15 is 0 Å². The van der Waals surface area contributed by atoms with Gasteiger partial charge in [-0.1, -0.05) is 18.2 Å². The zero-order valence-corrected chi connectivity index (χ0v) is 21.3. The van der Waals surface area contributed by atoms with Crippen LogP contribution in [0.4, 0.5) is 0 Å². The summed E-state index contributed by atoms with van der Waals surface area (Å²) < 4.78 is 3.73. The van der Waals surface area contributed by atoms with Crippen LogP contribution in [0, 0.1) is 0 Å². The lowest BCUT2D eigenvalue weighted by Gasteiger charge is -2.25. The van der Waals surface area contributed by atoms with Gasteiger partial charge >= 0.3 is 0 Å². The number of benzene rings is 1. The first kappa shape index (κ1) is 24.9. The van der Waals surface area contributed by atoms with Gasteiger partial charge in [-0.15, -0.1) is 24.0 Å². The Morgan fingerprint density at radius 2 is 1.84 bits per heavy atom. The molecule has 1 N–H and O–H groups in total. The zero-order valence-electron chi connectivity index (χ0n) is 18.9. The predicted octanol–water partition coefficient (Wildman–Crippen LogP) is 2.92. The van der Waals surface area contributed by atoms with Gasteiger partial charge in [-0.25, -0.2) is 4.68 Å². The molecule has 0 aliphatic rings. The quantitative estimate of drug-likeness (QED) is 0.273. The molecule has 0 radical (unpaired) electrons. The third kappa shape index (κ3) is 6.79. The van der Waals surface area contributed by atoms with Crippen molar-refractivity contribution in [1.82, 2.24) is 34.7 Å². The van der Waals surface area contributed by atoms with Gasteiger partial charge in [0.15, 0.2) is 5.96 Å². The molecule has 3 rings (SSSR count). The number of para-hydroxylation sites is 1. The van der Waals surface area contributed by atoms with Crippen LogP contribution >= 0.6 is 24.0 Å². The molecule has 9 heteroatoms. The summed E-state index contributed by atoms with van der Waals surface area (Å²) in [5.74, 6) is 0.876. The maximum atomic E-state index is 4.91. The third-order valence-electron chi connectivity index (χ3n) is 4.92. The smallest absolute Gasteiger partial charge is 0.194 e. The lowest BCUT2D eigenvalue weighted by molar-refractivity contribution is 0.305. The van der Waals surface area contributed by atoms with Crippen molar-refractivity contribution in [1.29, 1.82) is 0 Å². The second-order valence-electron chi connectivity index (χ2n) is 7.61. The van der Waals surface area contributed by atoms with Crippen molar-refractivity contribution < 1.29 is 0 Å². The molecule has 0 aliphatic carbocycles. The standard InChI is InChI=1S/C22H32N8.HI/c1-6-23-22(24-14-21(27(2)3)19-13-25-29(5)17-19)28(4)15-18-12-26-30(16-18)20-10-8-7-9-11-20;/h7-13,16-17,21H,6,14-15H2,1-5H3,(H,23,24);1H. The van der Waals surface area contributed by atoms with Crippen LogP contribution in [0.1, 0.15) is 24.1 Å². The highest BCUT2D eigenvalue weighted by Gasteiger charge is 2.17. The van der Waals surface area contributed by atoms with Gasteiger partial charge in [0.1, 0.15) is 0 Å². The van der Waals surface area contributed by atoms with E-state index in [0.717, 1.165) is 35.9 Å². The van der Waals surface area contributed by atoms with E-state index in [-0.39, 0.29) is 30.0 Å². The van der Waals surface area contributed by atoms with Crippen LogP contribution in [-0.4, -0.2) is 69.6 Å². The summed E-state index contributed by atoms with van der Waals surface area (Å²) in [6, 6.07) is 10.3. The summed E-state index contributed by atoms with van der Waals surface area (Å²) in [5.41, 5.74) is 3.34. The molecule has 1 atom stereocenters. The maximum Gasteiger partial charge on any atom is 0.194 e. The fourth-order valence-corrected chi connectivity index (χ4v) is 3.33. The molecule has 0 spiro atoms. The van der Waals surface area contributed by atoms with E-state index in [4.69, 9.17) is 4.99 Å². The van der Waals surface area contributed by atoms with Gasteiger partial charge in [0, 0.05) is 50.7 Å². The molecule has 2 heterocycles. The Kier molecular flexibility index (Phi) is 9.50. The largest absolute Gasteiger partial charge is 0.357 e. The molecule has 1 unspecified atom stereocenters. The SMILES string of the molecule is CCNC(=NCC(c1cnn(C)c1)N(C)C)N(C)Cc1cnn(-c2ccccc2)c1.I. The Balaban J connectivity index is 0.00000341. The first-order valence-electron chi connectivity index (χ1n) is 10.2. The molecular weight excluding hydrogens is 503 g/mol. The highest BCUT2D eigenvalue weighted by Crippen LogP contribution is 2.18. The van der Waals surface area contributed by atoms with Gasteiger partial charge in [0.05, 0.1) is 30.7 Å². The summed E-state index contributed by atoms with van der Waals surface area (Å²) in [5, 5.41) is 12.2. The number of guanidine groups is 1. The molecule has 8 nitrogen and oxygen atoms in total. The molecule has 2 aromatic heterocycles. The monoisotopic (exact) mass is 536 g/mol. The zero-order chi connectivity index (χ0) is 21.5. The fourth-order valence-electron chi connectivity index (χ4n) is 3.33. The van der Waals surface area contributed by atoms with Crippen LogP contribution in [0.2, 0.25) is 0 Å². The van der Waals surface area contributed by atoms with Gasteiger partial charge in [-0.05, 0) is 33.2 Å². The van der Waals surface area contributed by atoms with E-state index in [1.165, 1.54) is 0 Å². The molecule has 0 fully saturated rings. The number of aromatic nitrogens is 4. The van der Waals surface area contributed by atoms with Crippen LogP contribution in [0.3, 0.4) is 0 Å². The molecular formula is C22H33IN8. The van der Waals surface area contributed by atoms with Gasteiger partial charge in [-0.2, -0.15) is 10.2 Å². The number of nitrogens with one attached hydrogen (secondary N) is 1. The normalized spacial score (nSPS) is 12.5. The lowest BCUT2D eigenvalue weighted by Crippen LogP contribution is -2.39. The van der Waals surface area contributed by atoms with Gasteiger partial charge in [0.25, 0.3) is 0 Å². The Bertz CT molecular complexity index is 947. The van der Waals surface area contributed by atoms with Gasteiger partial charge in [0.2, 0.25) is 0 Å². The number of hydrogen-bond donors (Lipinski definition) is 1. The van der Waals surface area contributed by atoms with Crippen LogP contribution in [-0.2, 0) is 13.6 Å². The van der Waals surface area contributed by atoms with Gasteiger partial charge < -0.3 is 15.1 Å². The number of rotatable bonds is 8. The number of nitrogens with zero attached hydrogens (tertiary/aromatic N) is 7. The highest BCUT2D eigenvalue weighted by molar-refractivity contribution is 14.0. The Morgan fingerprint density at radius 1 is 1.10 bits per heavy atom. The lowest BCUT2D eigenvalue weighted by atomic mass is 10.1. The van der Waals surface area contributed by atoms with E-state index in [2.05, 4.69) is 65.8 Å². The number of aryl methyl sites for hydroxylation is 1. The molecule has 0 aliphatic heterocycles. The van der Waals surface area contributed by atoms with Crippen molar-refractivity contribution in [3.8, 4) is 5.69 Å². The van der Waals surface area contributed by atoms with Crippen LogP contribution in [0.15, 0.2) is 60.1 Å². The van der Waals surface area contributed by atoms with Crippen molar-refractivity contribution in [3.05, 3.63) is 66.2 Å². The second kappa shape index (κ2) is 11.8. The molecule has 1 aromatic carbocycles. The summed E-state index contributed by atoms with van der Waals surface area (Å²) in [4.78, 5) is 9.21. The van der Waals surface area contributed by atoms with E-state index in [0.29, 0.717) is 6.54 Å². The topological polar surface area (TPSA) is 66.5 Å². The highest BCUT2D eigenvalue weighted by atomic mass is 127. The molecule has 0 bridgehead atoms. The molecule has 3 aromatic rings. The van der Waals surface area contributed by atoms with E-state index in [1.807, 2.05) is 59.1 Å². The van der Waals surface area contributed by atoms with E-state index < -0.39 is 0 Å². The Labute approximate surface area is 202 Å². The van der Waals surface area contributed by atoms with Crippen LogP contribution < -0.4 is 5.32 Å². The molecule has 168 valence electrons. The predicted molar refractivity (Wildman–Crippen MR) is 136 cm³/mol. The minimum atomic E-state index is 0. The fraction of sp³-hybridized carbons (Fsp3) is 0.409. The summed E-state index contributed by atoms with van der Waals surface area (Å²) >= 11 is 0. The number of hydrogen-bond acceptors (Lipinski definition) is 4. The Hall–Kier alpha value is -2.40. The first-order chi connectivity index (χ1) is 14.5. The average Bonchev–Trinajstić information content (AvgIpc) is 3.37.